The van der Waals surface area contributed by atoms with Crippen molar-refractivity contribution >= 4 is 50.8 Å². The molecule has 230 valence electrons. The summed E-state index contributed by atoms with van der Waals surface area (Å²) in [4.78, 5) is 27.1. The van der Waals surface area contributed by atoms with Crippen LogP contribution in [0.5, 0.6) is 0 Å². The number of nitrogens with one attached hydrogen (secondary N) is 2. The van der Waals surface area contributed by atoms with E-state index >= 15 is 0 Å². The highest BCUT2D eigenvalue weighted by Gasteiger charge is 2.36. The Morgan fingerprint density at radius 1 is 0.977 bits per heavy atom. The number of anilines is 1. The molecule has 12 heteroatoms. The van der Waals surface area contributed by atoms with Gasteiger partial charge in [-0.2, -0.15) is 0 Å². The summed E-state index contributed by atoms with van der Waals surface area (Å²) in [6.45, 7) is 7.56. The minimum atomic E-state index is -3.88. The minimum Gasteiger partial charge on any atom is -0.458 e. The van der Waals surface area contributed by atoms with Gasteiger partial charge in [-0.05, 0) is 81.3 Å². The molecule has 1 unspecified atom stereocenters. The lowest BCUT2D eigenvalue weighted by molar-refractivity contribution is -0.156. The molecular weight excluding hydrogens is 616 g/mol. The van der Waals surface area contributed by atoms with Crippen molar-refractivity contribution in [1.82, 2.24) is 10.2 Å². The molecule has 1 aliphatic rings. The van der Waals surface area contributed by atoms with E-state index in [-0.39, 0.29) is 29.0 Å². The van der Waals surface area contributed by atoms with Crippen molar-refractivity contribution in [2.24, 2.45) is 5.92 Å². The van der Waals surface area contributed by atoms with E-state index in [1.165, 1.54) is 13.0 Å². The third kappa shape index (κ3) is 9.15. The van der Waals surface area contributed by atoms with Crippen LogP contribution in [0.1, 0.15) is 55.2 Å². The Morgan fingerprint density at radius 3 is 2.02 bits per heavy atom. The molecule has 43 heavy (non-hydrogen) atoms. The van der Waals surface area contributed by atoms with Gasteiger partial charge in [0.1, 0.15) is 17.5 Å². The second-order valence-corrected chi connectivity index (χ2v) is 14.3. The standard InChI is InChI=1S/C31H34Cl2FN3O5S/c1-19(30(39)42-31(2,3)4)35-29(38)23-13-26(34)15-27(14-23)36-43(40,41)18-20-16-37(17-20)28(21-5-9-24(32)10-6-21)22-7-11-25(33)12-8-22/h5-15,19-20,28,36H,16-18H2,1-4H3,(H,35,38). The average molecular weight is 651 g/mol. The van der Waals surface area contributed by atoms with Crippen LogP contribution in [0.2, 0.25) is 10.0 Å². The maximum absolute atomic E-state index is 14.4. The normalized spacial score (nSPS) is 15.1. The van der Waals surface area contributed by atoms with Gasteiger partial charge in [-0.3, -0.25) is 14.4 Å². The molecule has 0 bridgehead atoms. The van der Waals surface area contributed by atoms with Crippen LogP contribution in [0.15, 0.2) is 66.7 Å². The van der Waals surface area contributed by atoms with E-state index in [0.29, 0.717) is 23.1 Å². The lowest BCUT2D eigenvalue weighted by Gasteiger charge is -2.44. The summed E-state index contributed by atoms with van der Waals surface area (Å²) in [5.74, 6) is -2.57. The van der Waals surface area contributed by atoms with E-state index in [1.54, 1.807) is 20.8 Å². The highest BCUT2D eigenvalue weighted by atomic mass is 35.5. The van der Waals surface area contributed by atoms with E-state index < -0.39 is 39.4 Å². The maximum Gasteiger partial charge on any atom is 0.328 e. The number of carbonyl (C=O) groups excluding carboxylic acids is 2. The predicted molar refractivity (Wildman–Crippen MR) is 166 cm³/mol. The first-order chi connectivity index (χ1) is 20.1. The molecule has 0 radical (unpaired) electrons. The second-order valence-electron chi connectivity index (χ2n) is 11.7. The smallest absolute Gasteiger partial charge is 0.328 e. The molecule has 0 aromatic heterocycles. The molecule has 1 heterocycles. The largest absolute Gasteiger partial charge is 0.458 e. The van der Waals surface area contributed by atoms with Crippen molar-refractivity contribution < 1.29 is 27.1 Å². The number of nitrogens with zero attached hydrogens (tertiary/aromatic N) is 1. The number of esters is 1. The van der Waals surface area contributed by atoms with Gasteiger partial charge in [-0.1, -0.05) is 47.5 Å². The zero-order valence-corrected chi connectivity index (χ0v) is 26.6. The average Bonchev–Trinajstić information content (AvgIpc) is 2.87. The molecule has 0 saturated carbocycles. The van der Waals surface area contributed by atoms with Crippen LogP contribution in [0, 0.1) is 11.7 Å². The van der Waals surface area contributed by atoms with Crippen LogP contribution >= 0.6 is 23.2 Å². The van der Waals surface area contributed by atoms with Crippen molar-refractivity contribution in [3.63, 3.8) is 0 Å². The lowest BCUT2D eigenvalue weighted by atomic mass is 9.91. The van der Waals surface area contributed by atoms with E-state index in [2.05, 4.69) is 14.9 Å². The molecule has 4 rings (SSSR count). The monoisotopic (exact) mass is 649 g/mol. The number of hydrogen-bond donors (Lipinski definition) is 2. The summed E-state index contributed by atoms with van der Waals surface area (Å²) in [5, 5.41) is 3.69. The maximum atomic E-state index is 14.4. The fraction of sp³-hybridized carbons (Fsp3) is 0.355. The van der Waals surface area contributed by atoms with Crippen LogP contribution in [0.3, 0.4) is 0 Å². The summed E-state index contributed by atoms with van der Waals surface area (Å²) >= 11 is 12.2. The van der Waals surface area contributed by atoms with Crippen LogP contribution < -0.4 is 10.0 Å². The van der Waals surface area contributed by atoms with Crippen LogP contribution in [0.25, 0.3) is 0 Å². The molecule has 2 N–H and O–H groups in total. The number of halogens is 3. The molecule has 1 aliphatic heterocycles. The molecule has 1 saturated heterocycles. The molecule has 0 spiro atoms. The summed E-state index contributed by atoms with van der Waals surface area (Å²) in [6.07, 6.45) is 0. The van der Waals surface area contributed by atoms with Gasteiger partial charge < -0.3 is 10.1 Å². The Labute approximate surface area is 261 Å². The Kier molecular flexibility index (Phi) is 10.1. The number of carbonyl (C=O) groups is 2. The number of amides is 1. The van der Waals surface area contributed by atoms with Crippen molar-refractivity contribution in [2.45, 2.75) is 45.4 Å². The molecule has 0 aliphatic carbocycles. The highest BCUT2D eigenvalue weighted by molar-refractivity contribution is 7.92. The van der Waals surface area contributed by atoms with E-state index in [1.807, 2.05) is 48.5 Å². The van der Waals surface area contributed by atoms with Gasteiger partial charge >= 0.3 is 5.97 Å². The summed E-state index contributed by atoms with van der Waals surface area (Å²) in [7, 11) is -3.88. The van der Waals surface area contributed by atoms with Crippen molar-refractivity contribution in [3.05, 3.63) is 99.3 Å². The molecule has 8 nitrogen and oxygen atoms in total. The zero-order chi connectivity index (χ0) is 31.5. The Hall–Kier alpha value is -3.18. The minimum absolute atomic E-state index is 0.0912. The van der Waals surface area contributed by atoms with E-state index in [4.69, 9.17) is 27.9 Å². The number of hydrogen-bond acceptors (Lipinski definition) is 6. The topological polar surface area (TPSA) is 105 Å². The predicted octanol–water partition coefficient (Wildman–Crippen LogP) is 6.06. The Morgan fingerprint density at radius 2 is 1.51 bits per heavy atom. The van der Waals surface area contributed by atoms with Gasteiger partial charge in [0.05, 0.1) is 17.5 Å². The molecule has 1 atom stereocenters. The van der Waals surface area contributed by atoms with Gasteiger partial charge in [0.25, 0.3) is 5.91 Å². The number of rotatable bonds is 10. The van der Waals surface area contributed by atoms with Crippen molar-refractivity contribution in [2.75, 3.05) is 23.6 Å². The Bertz CT molecular complexity index is 1530. The van der Waals surface area contributed by atoms with Crippen LogP contribution in [0.4, 0.5) is 10.1 Å². The summed E-state index contributed by atoms with van der Waals surface area (Å²) in [5.41, 5.74) is 1.04. The molecule has 1 fully saturated rings. The molecule has 3 aromatic rings. The van der Waals surface area contributed by atoms with Gasteiger partial charge in [0.15, 0.2) is 0 Å². The van der Waals surface area contributed by atoms with E-state index in [9.17, 15) is 22.4 Å². The highest BCUT2D eigenvalue weighted by Crippen LogP contribution is 2.36. The van der Waals surface area contributed by atoms with Crippen molar-refractivity contribution in [1.29, 1.82) is 0 Å². The summed E-state index contributed by atoms with van der Waals surface area (Å²) in [6, 6.07) is 17.1. The second kappa shape index (κ2) is 13.2. The quantitative estimate of drug-likeness (QED) is 0.259. The number of benzene rings is 3. The fourth-order valence-corrected chi connectivity index (χ4v) is 6.51. The van der Waals surface area contributed by atoms with Gasteiger partial charge in [0.2, 0.25) is 10.0 Å². The SMILES string of the molecule is CC(NC(=O)c1cc(F)cc(NS(=O)(=O)CC2CN(C(c3ccc(Cl)cc3)c3ccc(Cl)cc3)C2)c1)C(=O)OC(C)(C)C. The zero-order valence-electron chi connectivity index (χ0n) is 24.2. The summed E-state index contributed by atoms with van der Waals surface area (Å²) < 4.78 is 48.1. The van der Waals surface area contributed by atoms with Gasteiger partial charge in [-0.25, -0.2) is 17.6 Å². The van der Waals surface area contributed by atoms with Gasteiger partial charge in [0, 0.05) is 34.6 Å². The first-order valence-corrected chi connectivity index (χ1v) is 16.1. The number of sulfonamides is 1. The first-order valence-electron chi connectivity index (χ1n) is 13.7. The van der Waals surface area contributed by atoms with Crippen LogP contribution in [-0.4, -0.2) is 55.7 Å². The van der Waals surface area contributed by atoms with E-state index in [0.717, 1.165) is 23.3 Å². The van der Waals surface area contributed by atoms with Crippen molar-refractivity contribution in [3.8, 4) is 0 Å². The third-order valence-corrected chi connectivity index (χ3v) is 8.68. The number of likely N-dealkylation sites (tertiary alicyclic amines) is 1. The third-order valence-electron chi connectivity index (χ3n) is 6.72. The van der Waals surface area contributed by atoms with Crippen LogP contribution in [-0.2, 0) is 19.6 Å². The number of ether oxygens (including phenoxy) is 1. The first kappa shape index (κ1) is 32.7. The molecular formula is C31H34Cl2FN3O5S. The fourth-order valence-electron chi connectivity index (χ4n) is 4.87. The molecule has 3 aromatic carbocycles. The molecule has 1 amide bonds. The van der Waals surface area contributed by atoms with Gasteiger partial charge in [-0.15, -0.1) is 0 Å². The Balaban J connectivity index is 1.40. The lowest BCUT2D eigenvalue weighted by Crippen LogP contribution is -2.51.